The van der Waals surface area contributed by atoms with Gasteiger partial charge < -0.3 is 9.47 Å². The third-order valence-corrected chi connectivity index (χ3v) is 3.04. The van der Waals surface area contributed by atoms with Gasteiger partial charge in [0.25, 0.3) is 0 Å². The lowest BCUT2D eigenvalue weighted by molar-refractivity contribution is 0.0526. The predicted octanol–water partition coefficient (Wildman–Crippen LogP) is 2.96. The number of esters is 1. The van der Waals surface area contributed by atoms with Gasteiger partial charge in [-0.1, -0.05) is 25.5 Å². The van der Waals surface area contributed by atoms with Crippen molar-refractivity contribution in [2.45, 2.75) is 39.7 Å². The largest absolute Gasteiger partial charge is 0.462 e. The molecule has 0 aliphatic carbocycles. The molecule has 0 aromatic heterocycles. The number of unbranched alkanes of at least 4 members (excludes halogenated alkanes) is 1. The fraction of sp³-hybridized carbons (Fsp3) is 0.500. The number of nitrogens with one attached hydrogen (secondary N) is 2. The van der Waals surface area contributed by atoms with Crippen molar-refractivity contribution in [3.63, 3.8) is 0 Å². The van der Waals surface area contributed by atoms with Crippen LogP contribution in [0, 0.1) is 0 Å². The van der Waals surface area contributed by atoms with Crippen LogP contribution in [-0.4, -0.2) is 25.3 Å². The summed E-state index contributed by atoms with van der Waals surface area (Å²) in [6.45, 7) is 6.45. The lowest BCUT2D eigenvalue weighted by Gasteiger charge is -2.15. The first kappa shape index (κ1) is 18.0. The molecular formula is C16H24N2O4. The quantitative estimate of drug-likeness (QED) is 0.438. The van der Waals surface area contributed by atoms with Crippen molar-refractivity contribution in [3.05, 3.63) is 35.4 Å². The third-order valence-electron chi connectivity index (χ3n) is 3.04. The topological polar surface area (TPSA) is 76.7 Å². The standard InChI is InChI=1S/C16H24N2O4/c1-4-6-11-22-16(20)18-17-12(3)13-7-9-14(10-8-13)15(19)21-5-2/h7-10,12,17H,4-6,11H2,1-3H3,(H,18,20). The van der Waals surface area contributed by atoms with Crippen LogP contribution in [-0.2, 0) is 9.47 Å². The molecule has 1 amide bonds. The highest BCUT2D eigenvalue weighted by Crippen LogP contribution is 2.13. The average Bonchev–Trinajstić information content (AvgIpc) is 2.53. The Bertz CT molecular complexity index is 474. The lowest BCUT2D eigenvalue weighted by Crippen LogP contribution is -2.39. The number of hydrazine groups is 1. The molecule has 0 heterocycles. The summed E-state index contributed by atoms with van der Waals surface area (Å²) in [4.78, 5) is 23.0. The molecule has 0 aliphatic rings. The van der Waals surface area contributed by atoms with E-state index < -0.39 is 6.09 Å². The number of ether oxygens (including phenoxy) is 2. The van der Waals surface area contributed by atoms with Crippen molar-refractivity contribution < 1.29 is 19.1 Å². The van der Waals surface area contributed by atoms with E-state index in [-0.39, 0.29) is 12.0 Å². The Kier molecular flexibility index (Phi) is 7.99. The van der Waals surface area contributed by atoms with Gasteiger partial charge in [0.05, 0.1) is 18.8 Å². The van der Waals surface area contributed by atoms with E-state index in [4.69, 9.17) is 9.47 Å². The molecule has 6 nitrogen and oxygen atoms in total. The summed E-state index contributed by atoms with van der Waals surface area (Å²) < 4.78 is 9.90. The molecule has 1 rings (SSSR count). The van der Waals surface area contributed by atoms with E-state index in [2.05, 4.69) is 10.9 Å². The highest BCUT2D eigenvalue weighted by molar-refractivity contribution is 5.89. The number of amides is 1. The van der Waals surface area contributed by atoms with Gasteiger partial charge in [-0.3, -0.25) is 5.43 Å². The molecule has 0 saturated heterocycles. The molecule has 0 radical (unpaired) electrons. The Hall–Kier alpha value is -2.08. The minimum absolute atomic E-state index is 0.116. The van der Waals surface area contributed by atoms with Gasteiger partial charge in [-0.2, -0.15) is 0 Å². The van der Waals surface area contributed by atoms with Crippen LogP contribution in [0.3, 0.4) is 0 Å². The number of benzene rings is 1. The highest BCUT2D eigenvalue weighted by atomic mass is 16.6. The molecule has 1 atom stereocenters. The van der Waals surface area contributed by atoms with Crippen LogP contribution >= 0.6 is 0 Å². The SMILES string of the molecule is CCCCOC(=O)NNC(C)c1ccc(C(=O)OCC)cc1. The molecule has 0 saturated carbocycles. The van der Waals surface area contributed by atoms with E-state index in [9.17, 15) is 9.59 Å². The molecule has 2 N–H and O–H groups in total. The molecule has 22 heavy (non-hydrogen) atoms. The maximum atomic E-state index is 11.6. The van der Waals surface area contributed by atoms with Crippen LogP contribution in [0.4, 0.5) is 4.79 Å². The van der Waals surface area contributed by atoms with Crippen molar-refractivity contribution in [2.24, 2.45) is 0 Å². The molecule has 0 aliphatic heterocycles. The minimum Gasteiger partial charge on any atom is -0.462 e. The molecule has 122 valence electrons. The monoisotopic (exact) mass is 308 g/mol. The van der Waals surface area contributed by atoms with Crippen LogP contribution in [0.1, 0.15) is 55.6 Å². The van der Waals surface area contributed by atoms with Crippen LogP contribution in [0.15, 0.2) is 24.3 Å². The molecule has 1 aromatic rings. The predicted molar refractivity (Wildman–Crippen MR) is 83.3 cm³/mol. The molecule has 1 unspecified atom stereocenters. The minimum atomic E-state index is -0.497. The highest BCUT2D eigenvalue weighted by Gasteiger charge is 2.10. The van der Waals surface area contributed by atoms with Gasteiger partial charge in [0.2, 0.25) is 0 Å². The van der Waals surface area contributed by atoms with Gasteiger partial charge in [-0.15, -0.1) is 0 Å². The zero-order valence-electron chi connectivity index (χ0n) is 13.3. The number of hydrogen-bond acceptors (Lipinski definition) is 5. The van der Waals surface area contributed by atoms with E-state index in [1.54, 1.807) is 19.1 Å². The first-order valence-corrected chi connectivity index (χ1v) is 7.53. The van der Waals surface area contributed by atoms with Gasteiger partial charge in [0, 0.05) is 6.04 Å². The van der Waals surface area contributed by atoms with Crippen LogP contribution in [0.2, 0.25) is 0 Å². The van der Waals surface area contributed by atoms with Crippen molar-refractivity contribution in [2.75, 3.05) is 13.2 Å². The molecule has 0 bridgehead atoms. The Morgan fingerprint density at radius 3 is 2.41 bits per heavy atom. The van der Waals surface area contributed by atoms with E-state index in [0.717, 1.165) is 18.4 Å². The van der Waals surface area contributed by atoms with Gasteiger partial charge in [-0.05, 0) is 38.0 Å². The van der Waals surface area contributed by atoms with E-state index in [1.165, 1.54) is 0 Å². The Labute approximate surface area is 131 Å². The zero-order chi connectivity index (χ0) is 16.4. The van der Waals surface area contributed by atoms with Crippen LogP contribution in [0.25, 0.3) is 0 Å². The summed E-state index contributed by atoms with van der Waals surface area (Å²) in [5.41, 5.74) is 6.79. The summed E-state index contributed by atoms with van der Waals surface area (Å²) in [5.74, 6) is -0.340. The van der Waals surface area contributed by atoms with Gasteiger partial charge in [0.15, 0.2) is 0 Å². The van der Waals surface area contributed by atoms with Crippen molar-refractivity contribution in [3.8, 4) is 0 Å². The summed E-state index contributed by atoms with van der Waals surface area (Å²) >= 11 is 0. The normalized spacial score (nSPS) is 11.6. The summed E-state index contributed by atoms with van der Waals surface area (Å²) in [5, 5.41) is 0. The second-order valence-electron chi connectivity index (χ2n) is 4.82. The second kappa shape index (κ2) is 9.78. The Balaban J connectivity index is 2.43. The number of carbonyl (C=O) groups is 2. The fourth-order valence-corrected chi connectivity index (χ4v) is 1.72. The van der Waals surface area contributed by atoms with Crippen molar-refractivity contribution in [1.29, 1.82) is 0 Å². The summed E-state index contributed by atoms with van der Waals surface area (Å²) in [6.07, 6.45) is 1.32. The molecular weight excluding hydrogens is 284 g/mol. The van der Waals surface area contributed by atoms with Crippen molar-refractivity contribution >= 4 is 12.1 Å². The Morgan fingerprint density at radius 1 is 1.14 bits per heavy atom. The maximum Gasteiger partial charge on any atom is 0.421 e. The Morgan fingerprint density at radius 2 is 1.82 bits per heavy atom. The first-order valence-electron chi connectivity index (χ1n) is 7.53. The van der Waals surface area contributed by atoms with Crippen LogP contribution < -0.4 is 10.9 Å². The van der Waals surface area contributed by atoms with Crippen LogP contribution in [0.5, 0.6) is 0 Å². The smallest absolute Gasteiger partial charge is 0.421 e. The summed E-state index contributed by atoms with van der Waals surface area (Å²) in [6, 6.07) is 6.91. The van der Waals surface area contributed by atoms with E-state index in [0.29, 0.717) is 18.8 Å². The second-order valence-corrected chi connectivity index (χ2v) is 4.82. The molecule has 6 heteroatoms. The van der Waals surface area contributed by atoms with E-state index >= 15 is 0 Å². The fourth-order valence-electron chi connectivity index (χ4n) is 1.72. The number of hydrogen-bond donors (Lipinski definition) is 2. The average molecular weight is 308 g/mol. The zero-order valence-corrected chi connectivity index (χ0v) is 13.3. The van der Waals surface area contributed by atoms with Gasteiger partial charge >= 0.3 is 12.1 Å². The van der Waals surface area contributed by atoms with Crippen molar-refractivity contribution in [1.82, 2.24) is 10.9 Å². The lowest BCUT2D eigenvalue weighted by atomic mass is 10.1. The molecule has 1 aromatic carbocycles. The molecule has 0 spiro atoms. The van der Waals surface area contributed by atoms with E-state index in [1.807, 2.05) is 26.0 Å². The number of rotatable bonds is 8. The maximum absolute atomic E-state index is 11.6. The number of carbonyl (C=O) groups excluding carboxylic acids is 2. The molecule has 0 fully saturated rings. The third kappa shape index (κ3) is 6.13. The van der Waals surface area contributed by atoms with Gasteiger partial charge in [-0.25, -0.2) is 15.0 Å². The summed E-state index contributed by atoms with van der Waals surface area (Å²) in [7, 11) is 0. The first-order chi connectivity index (χ1) is 10.6. The van der Waals surface area contributed by atoms with Gasteiger partial charge in [0.1, 0.15) is 0 Å².